The fourth-order valence-corrected chi connectivity index (χ4v) is 2.51. The van der Waals surface area contributed by atoms with Crippen molar-refractivity contribution in [3.8, 4) is 0 Å². The summed E-state index contributed by atoms with van der Waals surface area (Å²) in [5.74, 6) is 0.641. The molecular weight excluding hydrogens is 204 g/mol. The maximum absolute atomic E-state index is 2.40. The van der Waals surface area contributed by atoms with Crippen molar-refractivity contribution >= 4 is 5.57 Å². The van der Waals surface area contributed by atoms with Crippen molar-refractivity contribution in [2.24, 2.45) is 0 Å². The summed E-state index contributed by atoms with van der Waals surface area (Å²) in [6.07, 6.45) is 8.34. The molecule has 0 radical (unpaired) electrons. The second kappa shape index (κ2) is 5.35. The maximum Gasteiger partial charge on any atom is -0.0150 e. The second-order valence-electron chi connectivity index (χ2n) is 4.98. The summed E-state index contributed by atoms with van der Waals surface area (Å²) < 4.78 is 0. The van der Waals surface area contributed by atoms with Crippen LogP contribution in [0.5, 0.6) is 0 Å². The largest absolute Gasteiger partial charge is 0.0807 e. The van der Waals surface area contributed by atoms with Crippen LogP contribution in [-0.2, 0) is 0 Å². The van der Waals surface area contributed by atoms with Crippen LogP contribution >= 0.6 is 0 Å². The van der Waals surface area contributed by atoms with Crippen LogP contribution in [0.4, 0.5) is 0 Å². The SMILES string of the molecule is CCC(C)c1ccccc1C1=CCCC=C1C. The van der Waals surface area contributed by atoms with Gasteiger partial charge < -0.3 is 0 Å². The fraction of sp³-hybridized carbons (Fsp3) is 0.412. The fourth-order valence-electron chi connectivity index (χ4n) is 2.51. The third-order valence-corrected chi connectivity index (χ3v) is 3.78. The Morgan fingerprint density at radius 1 is 1.12 bits per heavy atom. The topological polar surface area (TPSA) is 0 Å². The molecule has 1 unspecified atom stereocenters. The Hall–Kier alpha value is -1.30. The highest BCUT2D eigenvalue weighted by Crippen LogP contribution is 2.33. The molecule has 1 atom stereocenters. The molecule has 0 nitrogen and oxygen atoms in total. The Balaban J connectivity index is 2.45. The van der Waals surface area contributed by atoms with E-state index in [9.17, 15) is 0 Å². The van der Waals surface area contributed by atoms with Crippen molar-refractivity contribution < 1.29 is 0 Å². The van der Waals surface area contributed by atoms with E-state index in [2.05, 4.69) is 57.2 Å². The molecule has 90 valence electrons. The Labute approximate surface area is 105 Å². The predicted molar refractivity (Wildman–Crippen MR) is 76.1 cm³/mol. The summed E-state index contributed by atoms with van der Waals surface area (Å²) in [6.45, 7) is 6.82. The average Bonchev–Trinajstić information content (AvgIpc) is 2.38. The van der Waals surface area contributed by atoms with Crippen LogP contribution in [0.3, 0.4) is 0 Å². The molecule has 0 aromatic heterocycles. The summed E-state index contributed by atoms with van der Waals surface area (Å²) >= 11 is 0. The van der Waals surface area contributed by atoms with E-state index in [0.29, 0.717) is 5.92 Å². The molecule has 17 heavy (non-hydrogen) atoms. The van der Waals surface area contributed by atoms with Gasteiger partial charge in [0.15, 0.2) is 0 Å². The minimum Gasteiger partial charge on any atom is -0.0807 e. The van der Waals surface area contributed by atoms with Gasteiger partial charge in [-0.25, -0.2) is 0 Å². The molecule has 0 bridgehead atoms. The molecule has 0 heterocycles. The van der Waals surface area contributed by atoms with Gasteiger partial charge in [0.2, 0.25) is 0 Å². The number of allylic oxidation sites excluding steroid dienone is 4. The normalized spacial score (nSPS) is 17.4. The lowest BCUT2D eigenvalue weighted by atomic mass is 9.85. The zero-order chi connectivity index (χ0) is 12.3. The van der Waals surface area contributed by atoms with E-state index in [1.54, 1.807) is 0 Å². The van der Waals surface area contributed by atoms with E-state index < -0.39 is 0 Å². The third-order valence-electron chi connectivity index (χ3n) is 3.78. The molecule has 0 N–H and O–H groups in total. The number of hydrogen-bond acceptors (Lipinski definition) is 0. The summed E-state index contributed by atoms with van der Waals surface area (Å²) in [5, 5.41) is 0. The minimum absolute atomic E-state index is 0.641. The zero-order valence-electron chi connectivity index (χ0n) is 11.2. The van der Waals surface area contributed by atoms with Gasteiger partial charge in [-0.1, -0.05) is 50.3 Å². The Morgan fingerprint density at radius 3 is 2.53 bits per heavy atom. The minimum atomic E-state index is 0.641. The molecule has 1 aliphatic carbocycles. The maximum atomic E-state index is 2.40. The second-order valence-corrected chi connectivity index (χ2v) is 4.98. The molecule has 0 heteroatoms. The summed E-state index contributed by atoms with van der Waals surface area (Å²) in [5.41, 5.74) is 5.82. The molecule has 0 amide bonds. The van der Waals surface area contributed by atoms with Crippen LogP contribution in [-0.4, -0.2) is 0 Å². The van der Waals surface area contributed by atoms with Crippen LogP contribution in [0.15, 0.2) is 42.0 Å². The first kappa shape index (κ1) is 12.2. The molecule has 1 aliphatic rings. The van der Waals surface area contributed by atoms with Crippen LogP contribution in [0, 0.1) is 0 Å². The van der Waals surface area contributed by atoms with Gasteiger partial charge in [-0.15, -0.1) is 0 Å². The molecule has 1 aromatic carbocycles. The van der Waals surface area contributed by atoms with Gasteiger partial charge in [-0.05, 0) is 54.4 Å². The molecule has 1 aromatic rings. The van der Waals surface area contributed by atoms with Crippen molar-refractivity contribution in [2.75, 3.05) is 0 Å². The number of rotatable bonds is 3. The van der Waals surface area contributed by atoms with Gasteiger partial charge in [-0.3, -0.25) is 0 Å². The van der Waals surface area contributed by atoms with Crippen molar-refractivity contribution in [2.45, 2.75) is 46.0 Å². The number of benzene rings is 1. The number of hydrogen-bond donors (Lipinski definition) is 0. The van der Waals surface area contributed by atoms with Gasteiger partial charge >= 0.3 is 0 Å². The highest BCUT2D eigenvalue weighted by Gasteiger charge is 2.14. The van der Waals surface area contributed by atoms with Crippen LogP contribution in [0.2, 0.25) is 0 Å². The first-order valence-corrected chi connectivity index (χ1v) is 6.70. The zero-order valence-corrected chi connectivity index (χ0v) is 11.2. The molecule has 0 saturated heterocycles. The van der Waals surface area contributed by atoms with Gasteiger partial charge in [-0.2, -0.15) is 0 Å². The van der Waals surface area contributed by atoms with E-state index >= 15 is 0 Å². The van der Waals surface area contributed by atoms with Gasteiger partial charge in [0.25, 0.3) is 0 Å². The standard InChI is InChI=1S/C17H22/c1-4-13(2)15-10-7-8-12-17(15)16-11-6-5-9-14(16)3/h7-13H,4-6H2,1-3H3. The van der Waals surface area contributed by atoms with E-state index in [4.69, 9.17) is 0 Å². The molecule has 0 saturated carbocycles. The van der Waals surface area contributed by atoms with Crippen molar-refractivity contribution in [1.29, 1.82) is 0 Å². The van der Waals surface area contributed by atoms with Crippen molar-refractivity contribution in [3.05, 3.63) is 53.1 Å². The van der Waals surface area contributed by atoms with Crippen LogP contribution < -0.4 is 0 Å². The molecular formula is C17H22. The molecule has 0 aliphatic heterocycles. The first-order valence-electron chi connectivity index (χ1n) is 6.70. The smallest absolute Gasteiger partial charge is 0.0150 e. The van der Waals surface area contributed by atoms with E-state index in [1.165, 1.54) is 41.5 Å². The highest BCUT2D eigenvalue weighted by atomic mass is 14.2. The van der Waals surface area contributed by atoms with Crippen LogP contribution in [0.25, 0.3) is 5.57 Å². The van der Waals surface area contributed by atoms with E-state index in [1.807, 2.05) is 0 Å². The van der Waals surface area contributed by atoms with Crippen molar-refractivity contribution in [1.82, 2.24) is 0 Å². The first-order chi connectivity index (χ1) is 8.24. The van der Waals surface area contributed by atoms with Gasteiger partial charge in [0.1, 0.15) is 0 Å². The quantitative estimate of drug-likeness (QED) is 0.654. The van der Waals surface area contributed by atoms with E-state index in [0.717, 1.165) is 0 Å². The highest BCUT2D eigenvalue weighted by molar-refractivity contribution is 5.81. The molecule has 2 rings (SSSR count). The van der Waals surface area contributed by atoms with E-state index in [-0.39, 0.29) is 0 Å². The molecule has 0 fully saturated rings. The van der Waals surface area contributed by atoms with Gasteiger partial charge in [0.05, 0.1) is 0 Å². The van der Waals surface area contributed by atoms with Gasteiger partial charge in [0, 0.05) is 0 Å². The van der Waals surface area contributed by atoms with Crippen LogP contribution in [0.1, 0.15) is 57.1 Å². The Kier molecular flexibility index (Phi) is 3.83. The summed E-state index contributed by atoms with van der Waals surface area (Å²) in [4.78, 5) is 0. The lowest BCUT2D eigenvalue weighted by molar-refractivity contribution is 0.731. The van der Waals surface area contributed by atoms with Crippen molar-refractivity contribution in [3.63, 3.8) is 0 Å². The summed E-state index contributed by atoms with van der Waals surface area (Å²) in [7, 11) is 0. The lowest BCUT2D eigenvalue weighted by Crippen LogP contribution is -2.00. The average molecular weight is 226 g/mol. The molecule has 0 spiro atoms. The lowest BCUT2D eigenvalue weighted by Gasteiger charge is -2.20. The third kappa shape index (κ3) is 2.52. The monoisotopic (exact) mass is 226 g/mol. The Morgan fingerprint density at radius 2 is 1.82 bits per heavy atom. The Bertz CT molecular complexity index is 449. The summed E-state index contributed by atoms with van der Waals surface area (Å²) in [6, 6.07) is 8.87. The predicted octanol–water partition coefficient (Wildman–Crippen LogP) is 5.32.